The van der Waals surface area contributed by atoms with Crippen LogP contribution in [-0.4, -0.2) is 9.13 Å². The van der Waals surface area contributed by atoms with E-state index in [-0.39, 0.29) is 0 Å². The van der Waals surface area contributed by atoms with Crippen molar-refractivity contribution in [3.63, 3.8) is 0 Å². The van der Waals surface area contributed by atoms with Gasteiger partial charge in [0.05, 0.1) is 27.8 Å². The van der Waals surface area contributed by atoms with Crippen LogP contribution >= 0.6 is 0 Å². The molecule has 2 nitrogen and oxygen atoms in total. The van der Waals surface area contributed by atoms with Crippen molar-refractivity contribution in [3.05, 3.63) is 206 Å². The van der Waals surface area contributed by atoms with Crippen molar-refractivity contribution < 1.29 is 0 Å². The Kier molecular flexibility index (Phi) is 6.90. The van der Waals surface area contributed by atoms with Gasteiger partial charge in [-0.05, 0) is 93.4 Å². The van der Waals surface area contributed by atoms with Crippen molar-refractivity contribution in [2.45, 2.75) is 0 Å². The lowest BCUT2D eigenvalue weighted by Crippen LogP contribution is -1.95. The van der Waals surface area contributed by atoms with Gasteiger partial charge in [-0.3, -0.25) is 0 Å². The van der Waals surface area contributed by atoms with E-state index < -0.39 is 0 Å². The molecule has 0 saturated carbocycles. The summed E-state index contributed by atoms with van der Waals surface area (Å²) in [6, 6.07) is 75.2. The first kappa shape index (κ1) is 30.5. The lowest BCUT2D eigenvalue weighted by atomic mass is 9.95. The number of fused-ring (bicyclic) bond motifs is 7. The molecule has 54 heavy (non-hydrogen) atoms. The zero-order valence-corrected chi connectivity index (χ0v) is 29.5. The van der Waals surface area contributed by atoms with Crippen molar-refractivity contribution >= 4 is 54.4 Å². The van der Waals surface area contributed by atoms with Gasteiger partial charge in [-0.25, -0.2) is 0 Å². The second kappa shape index (κ2) is 12.2. The number of aromatic nitrogens is 2. The highest BCUT2D eigenvalue weighted by molar-refractivity contribution is 6.18. The molecule has 0 fully saturated rings. The van der Waals surface area contributed by atoms with Crippen LogP contribution in [0.15, 0.2) is 206 Å². The third kappa shape index (κ3) is 4.74. The highest BCUT2D eigenvalue weighted by Gasteiger charge is 2.19. The highest BCUT2D eigenvalue weighted by Crippen LogP contribution is 2.42. The van der Waals surface area contributed by atoms with Gasteiger partial charge in [0, 0.05) is 32.6 Å². The summed E-state index contributed by atoms with van der Waals surface area (Å²) in [6.45, 7) is 0. The standard InChI is InChI=1S/C52H34N2/c1-3-13-35(14-4-1)36-25-27-38(28-26-36)43-21-12-24-51-52(43)46-34-40(30-32-50(46)54(51)47-23-11-16-37-15-7-8-19-42(37)47)39-29-31-49-45(33-39)44-20-9-10-22-48(44)53(49)41-17-5-2-6-18-41/h1-34H. The Morgan fingerprint density at radius 3 is 1.61 bits per heavy atom. The first-order chi connectivity index (χ1) is 26.8. The molecule has 0 saturated heterocycles. The van der Waals surface area contributed by atoms with Crippen LogP contribution in [0.3, 0.4) is 0 Å². The third-order valence-corrected chi connectivity index (χ3v) is 11.1. The Bertz CT molecular complexity index is 3180. The molecule has 252 valence electrons. The summed E-state index contributed by atoms with van der Waals surface area (Å²) in [4.78, 5) is 0. The summed E-state index contributed by atoms with van der Waals surface area (Å²) in [6.07, 6.45) is 0. The molecule has 11 aromatic rings. The lowest BCUT2D eigenvalue weighted by molar-refractivity contribution is 1.18. The van der Waals surface area contributed by atoms with Crippen LogP contribution in [0.5, 0.6) is 0 Å². The van der Waals surface area contributed by atoms with E-state index in [1.807, 2.05) is 0 Å². The van der Waals surface area contributed by atoms with Gasteiger partial charge in [-0.1, -0.05) is 152 Å². The number of hydrogen-bond donors (Lipinski definition) is 0. The zero-order chi connectivity index (χ0) is 35.6. The molecule has 0 amide bonds. The second-order valence-electron chi connectivity index (χ2n) is 14.1. The zero-order valence-electron chi connectivity index (χ0n) is 29.5. The molecule has 2 aromatic heterocycles. The Hall–Kier alpha value is -7.16. The average Bonchev–Trinajstić information content (AvgIpc) is 3.76. The van der Waals surface area contributed by atoms with Gasteiger partial charge in [0.25, 0.3) is 0 Å². The summed E-state index contributed by atoms with van der Waals surface area (Å²) in [5.41, 5.74) is 14.5. The maximum atomic E-state index is 2.47. The van der Waals surface area contributed by atoms with Gasteiger partial charge in [0.1, 0.15) is 0 Å². The molecule has 0 radical (unpaired) electrons. The molecule has 2 heteroatoms. The number of para-hydroxylation sites is 2. The van der Waals surface area contributed by atoms with Gasteiger partial charge in [-0.15, -0.1) is 0 Å². The van der Waals surface area contributed by atoms with E-state index in [0.29, 0.717) is 0 Å². The molecule has 0 aliphatic rings. The van der Waals surface area contributed by atoms with E-state index in [0.717, 1.165) is 0 Å². The predicted molar refractivity (Wildman–Crippen MR) is 229 cm³/mol. The maximum Gasteiger partial charge on any atom is 0.0547 e. The van der Waals surface area contributed by atoms with Crippen LogP contribution in [0.25, 0.3) is 99.1 Å². The minimum atomic E-state index is 1.17. The minimum Gasteiger partial charge on any atom is -0.309 e. The Morgan fingerprint density at radius 1 is 0.278 bits per heavy atom. The quantitative estimate of drug-likeness (QED) is 0.171. The Balaban J connectivity index is 1.15. The summed E-state index contributed by atoms with van der Waals surface area (Å²) >= 11 is 0. The fraction of sp³-hybridized carbons (Fsp3) is 0. The third-order valence-electron chi connectivity index (χ3n) is 11.1. The number of hydrogen-bond acceptors (Lipinski definition) is 0. The molecule has 0 N–H and O–H groups in total. The molecule has 0 aliphatic heterocycles. The van der Waals surface area contributed by atoms with Crippen molar-refractivity contribution in [2.75, 3.05) is 0 Å². The van der Waals surface area contributed by atoms with E-state index in [4.69, 9.17) is 0 Å². The smallest absolute Gasteiger partial charge is 0.0547 e. The predicted octanol–water partition coefficient (Wildman–Crippen LogP) is 14.0. The second-order valence-corrected chi connectivity index (χ2v) is 14.1. The largest absolute Gasteiger partial charge is 0.309 e. The van der Waals surface area contributed by atoms with Gasteiger partial charge >= 0.3 is 0 Å². The monoisotopic (exact) mass is 686 g/mol. The van der Waals surface area contributed by atoms with Crippen LogP contribution < -0.4 is 0 Å². The summed E-state index contributed by atoms with van der Waals surface area (Å²) in [5.74, 6) is 0. The minimum absolute atomic E-state index is 1.17. The van der Waals surface area contributed by atoms with E-state index >= 15 is 0 Å². The van der Waals surface area contributed by atoms with Gasteiger partial charge in [0.15, 0.2) is 0 Å². The fourth-order valence-corrected chi connectivity index (χ4v) is 8.63. The SMILES string of the molecule is c1ccc(-c2ccc(-c3cccc4c3c3cc(-c5ccc6c(c5)c5ccccc5n6-c5ccccc5)ccc3n4-c3cccc4ccccc34)cc2)cc1. The van der Waals surface area contributed by atoms with Crippen LogP contribution in [0.4, 0.5) is 0 Å². The van der Waals surface area contributed by atoms with Gasteiger partial charge in [0.2, 0.25) is 0 Å². The summed E-state index contributed by atoms with van der Waals surface area (Å²) in [5, 5.41) is 7.48. The molecule has 0 atom stereocenters. The molecule has 9 aromatic carbocycles. The van der Waals surface area contributed by atoms with E-state index in [1.54, 1.807) is 0 Å². The molecule has 0 aliphatic carbocycles. The molecule has 0 bridgehead atoms. The number of nitrogens with zero attached hydrogens (tertiary/aromatic N) is 2. The normalized spacial score (nSPS) is 11.7. The summed E-state index contributed by atoms with van der Waals surface area (Å²) < 4.78 is 4.85. The molecule has 2 heterocycles. The van der Waals surface area contributed by atoms with Crippen LogP contribution in [0.2, 0.25) is 0 Å². The van der Waals surface area contributed by atoms with Gasteiger partial charge in [-0.2, -0.15) is 0 Å². The fourth-order valence-electron chi connectivity index (χ4n) is 8.63. The Labute approximate surface area is 313 Å². The first-order valence-electron chi connectivity index (χ1n) is 18.6. The molecule has 11 rings (SSSR count). The van der Waals surface area contributed by atoms with Crippen LogP contribution in [0, 0.1) is 0 Å². The lowest BCUT2D eigenvalue weighted by Gasteiger charge is -2.12. The molecule has 0 spiro atoms. The molecule has 0 unspecified atom stereocenters. The van der Waals surface area contributed by atoms with Crippen molar-refractivity contribution in [1.29, 1.82) is 0 Å². The van der Waals surface area contributed by atoms with E-state index in [1.165, 1.54) is 99.1 Å². The first-order valence-corrected chi connectivity index (χ1v) is 18.6. The van der Waals surface area contributed by atoms with Gasteiger partial charge < -0.3 is 9.13 Å². The average molecular weight is 687 g/mol. The summed E-state index contributed by atoms with van der Waals surface area (Å²) in [7, 11) is 0. The Morgan fingerprint density at radius 2 is 0.815 bits per heavy atom. The van der Waals surface area contributed by atoms with Crippen LogP contribution in [-0.2, 0) is 0 Å². The molecular weight excluding hydrogens is 653 g/mol. The number of benzene rings is 9. The van der Waals surface area contributed by atoms with E-state index in [2.05, 4.69) is 215 Å². The van der Waals surface area contributed by atoms with Crippen molar-refractivity contribution in [1.82, 2.24) is 9.13 Å². The topological polar surface area (TPSA) is 9.86 Å². The molecular formula is C52H34N2. The maximum absolute atomic E-state index is 2.47. The van der Waals surface area contributed by atoms with Crippen molar-refractivity contribution in [2.24, 2.45) is 0 Å². The van der Waals surface area contributed by atoms with Crippen molar-refractivity contribution in [3.8, 4) is 44.8 Å². The highest BCUT2D eigenvalue weighted by atomic mass is 15.0. The van der Waals surface area contributed by atoms with Crippen LogP contribution in [0.1, 0.15) is 0 Å². The number of rotatable bonds is 5. The van der Waals surface area contributed by atoms with E-state index in [9.17, 15) is 0 Å².